The second-order valence-electron chi connectivity index (χ2n) is 6.72. The number of rotatable bonds is 9. The van der Waals surface area contributed by atoms with E-state index in [9.17, 15) is 18.0 Å². The number of carbonyl (C=O) groups excluding carboxylic acids is 1. The first-order valence-electron chi connectivity index (χ1n) is 8.67. The number of hydrogen-bond donors (Lipinski definition) is 2. The molecule has 7 nitrogen and oxygen atoms in total. The Bertz CT molecular complexity index is 925. The predicted octanol–water partition coefficient (Wildman–Crippen LogP) is 2.08. The fourth-order valence-electron chi connectivity index (χ4n) is 2.73. The third kappa shape index (κ3) is 6.04. The Labute approximate surface area is 159 Å². The van der Waals surface area contributed by atoms with Gasteiger partial charge in [0.2, 0.25) is 15.9 Å². The topological polar surface area (TPSA) is 104 Å². The average molecular weight is 392 g/mol. The molecule has 0 aliphatic carbocycles. The van der Waals surface area contributed by atoms with Crippen LogP contribution < -0.4 is 4.72 Å². The zero-order valence-corrected chi connectivity index (χ0v) is 16.2. The fourth-order valence-corrected chi connectivity index (χ4v) is 3.79. The zero-order chi connectivity index (χ0) is 20.0. The molecule has 2 aromatic carbocycles. The summed E-state index contributed by atoms with van der Waals surface area (Å²) in [6.45, 7) is 3.58. The minimum atomic E-state index is -3.76. The number of benzene rings is 2. The molecule has 0 saturated carbocycles. The van der Waals surface area contributed by atoms with Gasteiger partial charge in [-0.2, -0.15) is 0 Å². The number of aliphatic carboxylic acids is 1. The summed E-state index contributed by atoms with van der Waals surface area (Å²) in [4.78, 5) is 24.5. The van der Waals surface area contributed by atoms with Crippen LogP contribution in [-0.2, 0) is 19.6 Å². The van der Waals surface area contributed by atoms with Crippen molar-refractivity contribution >= 4 is 32.7 Å². The molecule has 2 aromatic rings. The highest BCUT2D eigenvalue weighted by Crippen LogP contribution is 2.18. The molecule has 27 heavy (non-hydrogen) atoms. The lowest BCUT2D eigenvalue weighted by Gasteiger charge is -2.22. The van der Waals surface area contributed by atoms with Crippen LogP contribution in [0.3, 0.4) is 0 Å². The molecule has 0 radical (unpaired) electrons. The second-order valence-corrected chi connectivity index (χ2v) is 8.49. The van der Waals surface area contributed by atoms with Crippen molar-refractivity contribution < 1.29 is 23.1 Å². The molecule has 0 unspecified atom stereocenters. The zero-order valence-electron chi connectivity index (χ0n) is 15.4. The van der Waals surface area contributed by atoms with Crippen molar-refractivity contribution in [2.45, 2.75) is 25.2 Å². The Morgan fingerprint density at radius 2 is 1.78 bits per heavy atom. The molecule has 0 saturated heterocycles. The number of carboxylic acids is 1. The minimum absolute atomic E-state index is 0.0950. The third-order valence-corrected chi connectivity index (χ3v) is 5.39. The van der Waals surface area contributed by atoms with Crippen LogP contribution in [0.2, 0.25) is 0 Å². The molecule has 2 rings (SSSR count). The van der Waals surface area contributed by atoms with Gasteiger partial charge in [0.25, 0.3) is 0 Å². The molecule has 2 N–H and O–H groups in total. The van der Waals surface area contributed by atoms with Crippen molar-refractivity contribution in [2.24, 2.45) is 5.92 Å². The summed E-state index contributed by atoms with van der Waals surface area (Å²) in [6, 6.07) is 12.2. The summed E-state index contributed by atoms with van der Waals surface area (Å²) in [7, 11) is -3.76. The van der Waals surface area contributed by atoms with Crippen LogP contribution >= 0.6 is 0 Å². The Balaban J connectivity index is 2.00. The van der Waals surface area contributed by atoms with Crippen molar-refractivity contribution in [1.82, 2.24) is 9.62 Å². The number of amides is 1. The van der Waals surface area contributed by atoms with Gasteiger partial charge in [-0.05, 0) is 28.8 Å². The van der Waals surface area contributed by atoms with E-state index >= 15 is 0 Å². The maximum atomic E-state index is 12.5. The van der Waals surface area contributed by atoms with Gasteiger partial charge in [-0.25, -0.2) is 13.1 Å². The number of carbonyl (C=O) groups is 2. The highest BCUT2D eigenvalue weighted by atomic mass is 32.2. The average Bonchev–Trinajstić information content (AvgIpc) is 2.59. The van der Waals surface area contributed by atoms with E-state index in [1.54, 1.807) is 12.1 Å². The van der Waals surface area contributed by atoms with Crippen LogP contribution in [0.15, 0.2) is 47.4 Å². The van der Waals surface area contributed by atoms with E-state index in [1.807, 2.05) is 38.1 Å². The van der Waals surface area contributed by atoms with Gasteiger partial charge >= 0.3 is 5.97 Å². The summed E-state index contributed by atoms with van der Waals surface area (Å²) in [5.41, 5.74) is 0. The van der Waals surface area contributed by atoms with E-state index in [0.717, 1.165) is 10.8 Å². The second kappa shape index (κ2) is 8.96. The molecule has 0 aliphatic rings. The first-order chi connectivity index (χ1) is 12.7. The summed E-state index contributed by atoms with van der Waals surface area (Å²) in [5, 5.41) is 10.7. The van der Waals surface area contributed by atoms with Gasteiger partial charge in [0.05, 0.1) is 4.90 Å². The Morgan fingerprint density at radius 1 is 1.11 bits per heavy atom. The summed E-state index contributed by atoms with van der Waals surface area (Å²) in [6.07, 6.45) is -0.104. The molecule has 0 atom stereocenters. The summed E-state index contributed by atoms with van der Waals surface area (Å²) < 4.78 is 27.3. The molecule has 0 aliphatic heterocycles. The highest BCUT2D eigenvalue weighted by molar-refractivity contribution is 7.89. The third-order valence-electron chi connectivity index (χ3n) is 3.93. The van der Waals surface area contributed by atoms with Crippen molar-refractivity contribution in [2.75, 3.05) is 19.6 Å². The van der Waals surface area contributed by atoms with Crippen molar-refractivity contribution in [3.8, 4) is 0 Å². The number of sulfonamides is 1. The van der Waals surface area contributed by atoms with E-state index in [-0.39, 0.29) is 23.8 Å². The van der Waals surface area contributed by atoms with E-state index in [1.165, 1.54) is 11.0 Å². The van der Waals surface area contributed by atoms with Gasteiger partial charge < -0.3 is 10.0 Å². The minimum Gasteiger partial charge on any atom is -0.480 e. The lowest BCUT2D eigenvalue weighted by Crippen LogP contribution is -2.39. The normalized spacial score (nSPS) is 11.7. The lowest BCUT2D eigenvalue weighted by molar-refractivity contribution is -0.144. The first kappa shape index (κ1) is 20.9. The van der Waals surface area contributed by atoms with E-state index in [0.29, 0.717) is 6.54 Å². The van der Waals surface area contributed by atoms with Gasteiger partial charge in [0, 0.05) is 19.5 Å². The molecular weight excluding hydrogens is 368 g/mol. The standard InChI is InChI=1S/C19H24N2O5S/c1-14(2)12-21(13-19(23)24)18(22)9-10-20-27(25,26)17-8-7-15-5-3-4-6-16(15)11-17/h3-8,11,14,20H,9-10,12-13H2,1-2H3,(H,23,24). The van der Waals surface area contributed by atoms with Gasteiger partial charge in [-0.15, -0.1) is 0 Å². The van der Waals surface area contributed by atoms with Crippen LogP contribution in [-0.4, -0.2) is 49.9 Å². The smallest absolute Gasteiger partial charge is 0.323 e. The van der Waals surface area contributed by atoms with Crippen molar-refractivity contribution in [3.05, 3.63) is 42.5 Å². The van der Waals surface area contributed by atoms with Crippen LogP contribution in [0.1, 0.15) is 20.3 Å². The van der Waals surface area contributed by atoms with Crippen LogP contribution in [0.5, 0.6) is 0 Å². The molecular formula is C19H24N2O5S. The summed E-state index contributed by atoms with van der Waals surface area (Å²) in [5.74, 6) is -1.38. The van der Waals surface area contributed by atoms with Gasteiger partial charge in [0.1, 0.15) is 6.54 Å². The van der Waals surface area contributed by atoms with E-state index in [4.69, 9.17) is 5.11 Å². The van der Waals surface area contributed by atoms with Gasteiger partial charge in [-0.3, -0.25) is 9.59 Å². The molecule has 0 aromatic heterocycles. The Morgan fingerprint density at radius 3 is 2.41 bits per heavy atom. The molecule has 0 fully saturated rings. The van der Waals surface area contributed by atoms with Crippen molar-refractivity contribution in [3.63, 3.8) is 0 Å². The number of fused-ring (bicyclic) bond motifs is 1. The summed E-state index contributed by atoms with van der Waals surface area (Å²) >= 11 is 0. The fraction of sp³-hybridized carbons (Fsp3) is 0.368. The maximum Gasteiger partial charge on any atom is 0.323 e. The Hall–Kier alpha value is -2.45. The molecule has 1 amide bonds. The van der Waals surface area contributed by atoms with Gasteiger partial charge in [0.15, 0.2) is 0 Å². The first-order valence-corrected chi connectivity index (χ1v) is 10.2. The predicted molar refractivity (Wildman–Crippen MR) is 103 cm³/mol. The van der Waals surface area contributed by atoms with Crippen LogP contribution in [0.25, 0.3) is 10.8 Å². The number of nitrogens with one attached hydrogen (secondary N) is 1. The quantitative estimate of drug-likeness (QED) is 0.680. The number of hydrogen-bond acceptors (Lipinski definition) is 4. The van der Waals surface area contributed by atoms with Crippen molar-refractivity contribution in [1.29, 1.82) is 0 Å². The van der Waals surface area contributed by atoms with Crippen LogP contribution in [0, 0.1) is 5.92 Å². The highest BCUT2D eigenvalue weighted by Gasteiger charge is 2.19. The SMILES string of the molecule is CC(C)CN(CC(=O)O)C(=O)CCNS(=O)(=O)c1ccc2ccccc2c1. The molecule has 0 bridgehead atoms. The number of carboxylic acid groups (broad SMARTS) is 1. The number of nitrogens with zero attached hydrogens (tertiary/aromatic N) is 1. The molecule has 8 heteroatoms. The molecule has 146 valence electrons. The van der Waals surface area contributed by atoms with Gasteiger partial charge in [-0.1, -0.05) is 44.2 Å². The molecule has 0 heterocycles. The van der Waals surface area contributed by atoms with Crippen LogP contribution in [0.4, 0.5) is 0 Å². The largest absolute Gasteiger partial charge is 0.480 e. The molecule has 0 spiro atoms. The van der Waals surface area contributed by atoms with E-state index < -0.39 is 28.4 Å². The lowest BCUT2D eigenvalue weighted by atomic mass is 10.1. The monoisotopic (exact) mass is 392 g/mol. The van der Waals surface area contributed by atoms with E-state index in [2.05, 4.69) is 4.72 Å². The maximum absolute atomic E-state index is 12.5. The Kier molecular flexibility index (Phi) is 6.92.